The van der Waals surface area contributed by atoms with E-state index in [0.717, 1.165) is 34.8 Å². The first-order valence-corrected chi connectivity index (χ1v) is 7.22. The van der Waals surface area contributed by atoms with E-state index in [1.54, 1.807) is 24.9 Å². The van der Waals surface area contributed by atoms with E-state index in [2.05, 4.69) is 27.2 Å². The van der Waals surface area contributed by atoms with Crippen LogP contribution in [0.5, 0.6) is 0 Å². The average Bonchev–Trinajstić information content (AvgIpc) is 3.07. The first-order valence-electron chi connectivity index (χ1n) is 7.22. The van der Waals surface area contributed by atoms with Crippen LogP contribution in [-0.2, 0) is 6.54 Å². The van der Waals surface area contributed by atoms with Gasteiger partial charge >= 0.3 is 0 Å². The van der Waals surface area contributed by atoms with Crippen molar-refractivity contribution in [3.8, 4) is 11.4 Å². The lowest BCUT2D eigenvalue weighted by molar-refractivity contribution is 0.544. The standard InChI is InChI=1S/C17H18N4O/c1-12(19-9-14-5-8-22-11-14)16-10-20-17(21-13(16)2)15-3-6-18-7-4-15/h3-8,10-12,19H,9H2,1-2H3/t12-/m0/s1. The highest BCUT2D eigenvalue weighted by atomic mass is 16.3. The van der Waals surface area contributed by atoms with Gasteiger partial charge in [0.2, 0.25) is 0 Å². The van der Waals surface area contributed by atoms with Gasteiger partial charge in [-0.05, 0) is 32.0 Å². The van der Waals surface area contributed by atoms with E-state index < -0.39 is 0 Å². The van der Waals surface area contributed by atoms with E-state index in [4.69, 9.17) is 4.42 Å². The van der Waals surface area contributed by atoms with Crippen LogP contribution in [0.4, 0.5) is 0 Å². The van der Waals surface area contributed by atoms with Crippen LogP contribution in [0.15, 0.2) is 53.7 Å². The Hall–Kier alpha value is -2.53. The van der Waals surface area contributed by atoms with Crippen LogP contribution >= 0.6 is 0 Å². The van der Waals surface area contributed by atoms with Gasteiger partial charge in [0.15, 0.2) is 5.82 Å². The van der Waals surface area contributed by atoms with Crippen molar-refractivity contribution in [1.29, 1.82) is 0 Å². The van der Waals surface area contributed by atoms with Crippen molar-refractivity contribution >= 4 is 0 Å². The molecule has 3 aromatic rings. The molecule has 0 fully saturated rings. The fourth-order valence-corrected chi connectivity index (χ4v) is 2.32. The summed E-state index contributed by atoms with van der Waals surface area (Å²) in [6.07, 6.45) is 8.81. The van der Waals surface area contributed by atoms with Crippen LogP contribution in [0.3, 0.4) is 0 Å². The number of aromatic nitrogens is 3. The molecule has 0 aliphatic carbocycles. The fraction of sp³-hybridized carbons (Fsp3) is 0.235. The lowest BCUT2D eigenvalue weighted by Crippen LogP contribution is -2.19. The van der Waals surface area contributed by atoms with Gasteiger partial charge in [-0.2, -0.15) is 0 Å². The molecule has 1 atom stereocenters. The van der Waals surface area contributed by atoms with Crippen LogP contribution in [0.25, 0.3) is 11.4 Å². The summed E-state index contributed by atoms with van der Waals surface area (Å²) in [6, 6.07) is 5.95. The van der Waals surface area contributed by atoms with Crippen LogP contribution < -0.4 is 5.32 Å². The molecule has 3 aromatic heterocycles. The third kappa shape index (κ3) is 3.20. The molecule has 0 spiro atoms. The quantitative estimate of drug-likeness (QED) is 0.782. The number of aryl methyl sites for hydroxylation is 1. The molecular formula is C17H18N4O. The molecule has 0 amide bonds. The molecule has 3 rings (SSSR count). The van der Waals surface area contributed by atoms with Gasteiger partial charge < -0.3 is 9.73 Å². The Morgan fingerprint density at radius 1 is 1.23 bits per heavy atom. The van der Waals surface area contributed by atoms with Crippen molar-refractivity contribution in [2.24, 2.45) is 0 Å². The molecule has 112 valence electrons. The Morgan fingerprint density at radius 2 is 2.05 bits per heavy atom. The Bertz CT molecular complexity index is 726. The van der Waals surface area contributed by atoms with Crippen LogP contribution in [0.2, 0.25) is 0 Å². The number of hydrogen-bond acceptors (Lipinski definition) is 5. The highest BCUT2D eigenvalue weighted by Crippen LogP contribution is 2.19. The Balaban J connectivity index is 1.74. The van der Waals surface area contributed by atoms with Gasteiger partial charge in [-0.15, -0.1) is 0 Å². The number of pyridine rings is 1. The van der Waals surface area contributed by atoms with Crippen LogP contribution in [0.1, 0.15) is 29.8 Å². The molecule has 0 unspecified atom stereocenters. The topological polar surface area (TPSA) is 63.8 Å². The Kier molecular flexibility index (Phi) is 4.25. The van der Waals surface area contributed by atoms with E-state index in [-0.39, 0.29) is 6.04 Å². The van der Waals surface area contributed by atoms with E-state index in [1.165, 1.54) is 0 Å². The maximum Gasteiger partial charge on any atom is 0.159 e. The highest BCUT2D eigenvalue weighted by Gasteiger charge is 2.11. The first-order chi connectivity index (χ1) is 10.7. The summed E-state index contributed by atoms with van der Waals surface area (Å²) in [4.78, 5) is 13.1. The maximum absolute atomic E-state index is 5.07. The summed E-state index contributed by atoms with van der Waals surface area (Å²) in [7, 11) is 0. The second-order valence-corrected chi connectivity index (χ2v) is 5.20. The minimum Gasteiger partial charge on any atom is -0.472 e. The smallest absolute Gasteiger partial charge is 0.159 e. The van der Waals surface area contributed by atoms with Gasteiger partial charge in [0, 0.05) is 53.6 Å². The van der Waals surface area contributed by atoms with Gasteiger partial charge in [-0.25, -0.2) is 9.97 Å². The van der Waals surface area contributed by atoms with Crippen molar-refractivity contribution in [1.82, 2.24) is 20.3 Å². The van der Waals surface area contributed by atoms with Crippen molar-refractivity contribution in [3.05, 3.63) is 66.1 Å². The Morgan fingerprint density at radius 3 is 2.73 bits per heavy atom. The van der Waals surface area contributed by atoms with Crippen LogP contribution in [0, 0.1) is 6.92 Å². The molecule has 0 aliphatic rings. The molecule has 3 heterocycles. The first kappa shape index (κ1) is 14.4. The number of rotatable bonds is 5. The third-order valence-corrected chi connectivity index (χ3v) is 3.61. The minimum atomic E-state index is 0.168. The SMILES string of the molecule is Cc1nc(-c2ccncc2)ncc1[C@H](C)NCc1ccoc1. The van der Waals surface area contributed by atoms with Crippen LogP contribution in [-0.4, -0.2) is 15.0 Å². The molecule has 5 heteroatoms. The lowest BCUT2D eigenvalue weighted by atomic mass is 10.1. The number of hydrogen-bond donors (Lipinski definition) is 1. The normalized spacial score (nSPS) is 12.3. The van der Waals surface area contributed by atoms with Crippen molar-refractivity contribution < 1.29 is 4.42 Å². The zero-order chi connectivity index (χ0) is 15.4. The van der Waals surface area contributed by atoms with Gasteiger partial charge in [-0.3, -0.25) is 4.98 Å². The molecule has 0 saturated carbocycles. The van der Waals surface area contributed by atoms with E-state index in [1.807, 2.05) is 31.3 Å². The third-order valence-electron chi connectivity index (χ3n) is 3.61. The van der Waals surface area contributed by atoms with Gasteiger partial charge in [0.25, 0.3) is 0 Å². The number of furan rings is 1. The fourth-order valence-electron chi connectivity index (χ4n) is 2.32. The van der Waals surface area contributed by atoms with Crippen molar-refractivity contribution in [3.63, 3.8) is 0 Å². The number of nitrogens with zero attached hydrogens (tertiary/aromatic N) is 3. The molecule has 1 N–H and O–H groups in total. The summed E-state index contributed by atoms with van der Waals surface area (Å²) in [6.45, 7) is 4.87. The van der Waals surface area contributed by atoms with Crippen molar-refractivity contribution in [2.45, 2.75) is 26.4 Å². The van der Waals surface area contributed by atoms with Crippen molar-refractivity contribution in [2.75, 3.05) is 0 Å². The molecule has 22 heavy (non-hydrogen) atoms. The molecule has 5 nitrogen and oxygen atoms in total. The molecular weight excluding hydrogens is 276 g/mol. The summed E-state index contributed by atoms with van der Waals surface area (Å²) in [5, 5.41) is 3.45. The molecule has 0 saturated heterocycles. The second-order valence-electron chi connectivity index (χ2n) is 5.20. The summed E-state index contributed by atoms with van der Waals surface area (Å²) in [5.41, 5.74) is 4.18. The molecule has 0 bridgehead atoms. The molecule has 0 radical (unpaired) electrons. The monoisotopic (exact) mass is 294 g/mol. The minimum absolute atomic E-state index is 0.168. The largest absolute Gasteiger partial charge is 0.472 e. The summed E-state index contributed by atoms with van der Waals surface area (Å²) in [5.74, 6) is 0.727. The Labute approximate surface area is 129 Å². The van der Waals surface area contributed by atoms with E-state index >= 15 is 0 Å². The van der Waals surface area contributed by atoms with E-state index in [0.29, 0.717) is 0 Å². The zero-order valence-corrected chi connectivity index (χ0v) is 12.7. The van der Waals surface area contributed by atoms with Gasteiger partial charge in [0.05, 0.1) is 12.5 Å². The predicted molar refractivity (Wildman–Crippen MR) is 84.0 cm³/mol. The second kappa shape index (κ2) is 6.49. The maximum atomic E-state index is 5.07. The lowest BCUT2D eigenvalue weighted by Gasteiger charge is -2.15. The predicted octanol–water partition coefficient (Wildman–Crippen LogP) is 3.29. The summed E-state index contributed by atoms with van der Waals surface area (Å²) < 4.78 is 5.07. The zero-order valence-electron chi connectivity index (χ0n) is 12.7. The van der Waals surface area contributed by atoms with Gasteiger partial charge in [-0.1, -0.05) is 0 Å². The molecule has 0 aliphatic heterocycles. The van der Waals surface area contributed by atoms with Gasteiger partial charge in [0.1, 0.15) is 0 Å². The van der Waals surface area contributed by atoms with E-state index in [9.17, 15) is 0 Å². The number of nitrogens with one attached hydrogen (secondary N) is 1. The highest BCUT2D eigenvalue weighted by molar-refractivity contribution is 5.53. The average molecular weight is 294 g/mol. The molecule has 0 aromatic carbocycles. The summed E-state index contributed by atoms with van der Waals surface area (Å²) >= 11 is 0.